The molecule has 0 aliphatic heterocycles. The first-order valence-electron chi connectivity index (χ1n) is 4.81. The highest BCUT2D eigenvalue weighted by molar-refractivity contribution is 5.87. The van der Waals surface area contributed by atoms with Crippen molar-refractivity contribution in [1.82, 2.24) is 20.2 Å². The summed E-state index contributed by atoms with van der Waals surface area (Å²) in [7, 11) is 0. The maximum atomic E-state index is 11.4. The molecule has 82 valence electrons. The number of nitrogens with one attached hydrogen (secondary N) is 1. The smallest absolute Gasteiger partial charge is 0.357 e. The number of carbonyl (C=O) groups is 1. The van der Waals surface area contributed by atoms with Crippen LogP contribution in [-0.2, 0) is 4.74 Å². The van der Waals surface area contributed by atoms with Gasteiger partial charge in [0.25, 0.3) is 0 Å². The lowest BCUT2D eigenvalue weighted by Gasteiger charge is -2.01. The third kappa shape index (κ3) is 2.05. The zero-order chi connectivity index (χ0) is 11.4. The molecule has 6 heteroatoms. The second kappa shape index (κ2) is 4.52. The number of H-pyrrole nitrogens is 1. The molecule has 0 radical (unpaired) electrons. The van der Waals surface area contributed by atoms with E-state index in [4.69, 9.17) is 4.74 Å². The average Bonchev–Trinajstić information content (AvgIpc) is 2.83. The number of hydrogen-bond donors (Lipinski definition) is 1. The minimum absolute atomic E-state index is 0.237. The van der Waals surface area contributed by atoms with Gasteiger partial charge in [0.05, 0.1) is 6.61 Å². The van der Waals surface area contributed by atoms with Gasteiger partial charge < -0.3 is 4.74 Å². The van der Waals surface area contributed by atoms with E-state index in [1.807, 2.05) is 0 Å². The van der Waals surface area contributed by atoms with Gasteiger partial charge in [0, 0.05) is 12.4 Å². The minimum Gasteiger partial charge on any atom is -0.461 e. The first-order chi connectivity index (χ1) is 7.81. The summed E-state index contributed by atoms with van der Waals surface area (Å²) in [6.07, 6.45) is 3.10. The zero-order valence-electron chi connectivity index (χ0n) is 8.67. The van der Waals surface area contributed by atoms with Crippen molar-refractivity contribution in [2.75, 3.05) is 6.61 Å². The summed E-state index contributed by atoms with van der Waals surface area (Å²) in [5.41, 5.74) is 0.896. The van der Waals surface area contributed by atoms with Crippen LogP contribution in [0.4, 0.5) is 0 Å². The fourth-order valence-electron chi connectivity index (χ4n) is 1.19. The number of aromatic nitrogens is 4. The monoisotopic (exact) mass is 218 g/mol. The van der Waals surface area contributed by atoms with E-state index in [2.05, 4.69) is 20.2 Å². The fourth-order valence-corrected chi connectivity index (χ4v) is 1.19. The quantitative estimate of drug-likeness (QED) is 0.778. The van der Waals surface area contributed by atoms with Gasteiger partial charge in [-0.3, -0.25) is 5.10 Å². The molecule has 0 atom stereocenters. The molecule has 0 saturated heterocycles. The third-order valence-corrected chi connectivity index (χ3v) is 1.88. The van der Waals surface area contributed by atoms with Crippen LogP contribution in [-0.4, -0.2) is 32.7 Å². The topological polar surface area (TPSA) is 80.8 Å². The molecule has 6 nitrogen and oxygen atoms in total. The number of nitrogens with zero attached hydrogens (tertiary/aromatic N) is 3. The number of esters is 1. The Labute approximate surface area is 91.7 Å². The Kier molecular flexibility index (Phi) is 2.90. The number of rotatable bonds is 3. The van der Waals surface area contributed by atoms with Gasteiger partial charge in [-0.1, -0.05) is 0 Å². The molecule has 0 spiro atoms. The van der Waals surface area contributed by atoms with Gasteiger partial charge in [-0.05, 0) is 19.1 Å². The Morgan fingerprint density at radius 2 is 2.31 bits per heavy atom. The summed E-state index contributed by atoms with van der Waals surface area (Å²) in [6.45, 7) is 2.07. The van der Waals surface area contributed by atoms with Crippen LogP contribution in [0.1, 0.15) is 17.4 Å². The molecule has 0 aliphatic rings. The van der Waals surface area contributed by atoms with Crippen LogP contribution >= 0.6 is 0 Å². The maximum Gasteiger partial charge on any atom is 0.357 e. The first-order valence-corrected chi connectivity index (χ1v) is 4.81. The maximum absolute atomic E-state index is 11.4. The highest BCUT2D eigenvalue weighted by atomic mass is 16.5. The Balaban J connectivity index is 2.30. The molecule has 0 amide bonds. The normalized spacial score (nSPS) is 10.1. The van der Waals surface area contributed by atoms with Crippen LogP contribution in [0.15, 0.2) is 24.5 Å². The van der Waals surface area contributed by atoms with Crippen molar-refractivity contribution in [3.63, 3.8) is 0 Å². The van der Waals surface area contributed by atoms with Crippen molar-refractivity contribution >= 4 is 5.97 Å². The molecule has 16 heavy (non-hydrogen) atoms. The van der Waals surface area contributed by atoms with E-state index >= 15 is 0 Å². The SMILES string of the molecule is CCOC(=O)c1ccnc(-c2ccn[nH]2)n1. The average molecular weight is 218 g/mol. The van der Waals surface area contributed by atoms with Gasteiger partial charge in [0.2, 0.25) is 0 Å². The second-order valence-corrected chi connectivity index (χ2v) is 2.96. The van der Waals surface area contributed by atoms with E-state index in [0.717, 1.165) is 0 Å². The predicted molar refractivity (Wildman–Crippen MR) is 55.6 cm³/mol. The highest BCUT2D eigenvalue weighted by Crippen LogP contribution is 2.10. The summed E-state index contributed by atoms with van der Waals surface area (Å²) in [5.74, 6) is -0.0336. The number of ether oxygens (including phenoxy) is 1. The Hall–Kier alpha value is -2.24. The van der Waals surface area contributed by atoms with Crippen molar-refractivity contribution in [3.05, 3.63) is 30.2 Å². The van der Waals surface area contributed by atoms with E-state index in [1.165, 1.54) is 12.3 Å². The van der Waals surface area contributed by atoms with Crippen molar-refractivity contribution in [1.29, 1.82) is 0 Å². The summed E-state index contributed by atoms with van der Waals surface area (Å²) in [4.78, 5) is 19.5. The van der Waals surface area contributed by atoms with Crippen LogP contribution in [0.3, 0.4) is 0 Å². The Bertz CT molecular complexity index is 481. The number of carbonyl (C=O) groups excluding carboxylic acids is 1. The molecule has 0 fully saturated rings. The molecule has 0 bridgehead atoms. The molecule has 0 unspecified atom stereocenters. The van der Waals surface area contributed by atoms with E-state index in [1.54, 1.807) is 19.2 Å². The van der Waals surface area contributed by atoms with Crippen molar-refractivity contribution in [2.24, 2.45) is 0 Å². The fraction of sp³-hybridized carbons (Fsp3) is 0.200. The standard InChI is InChI=1S/C10H10N4O2/c1-2-16-10(15)8-3-5-11-9(13-8)7-4-6-12-14-7/h3-6H,2H2,1H3,(H,12,14). The lowest BCUT2D eigenvalue weighted by Crippen LogP contribution is -2.08. The summed E-state index contributed by atoms with van der Waals surface area (Å²) in [5, 5.41) is 6.51. The zero-order valence-corrected chi connectivity index (χ0v) is 8.67. The first kappa shape index (κ1) is 10.3. The molecule has 1 N–H and O–H groups in total. The van der Waals surface area contributed by atoms with Crippen LogP contribution < -0.4 is 0 Å². The van der Waals surface area contributed by atoms with Gasteiger partial charge in [0.15, 0.2) is 11.5 Å². The summed E-state index contributed by atoms with van der Waals surface area (Å²) >= 11 is 0. The molecule has 0 aromatic carbocycles. The van der Waals surface area contributed by atoms with Gasteiger partial charge in [-0.15, -0.1) is 0 Å². The van der Waals surface area contributed by atoms with Gasteiger partial charge in [0.1, 0.15) is 5.69 Å². The lowest BCUT2D eigenvalue weighted by atomic mass is 10.3. The molecule has 2 rings (SSSR count). The van der Waals surface area contributed by atoms with Crippen LogP contribution in [0.25, 0.3) is 11.5 Å². The molecule has 2 aromatic heterocycles. The van der Waals surface area contributed by atoms with E-state index in [9.17, 15) is 4.79 Å². The lowest BCUT2D eigenvalue weighted by molar-refractivity contribution is 0.0519. The number of aromatic amines is 1. The van der Waals surface area contributed by atoms with E-state index < -0.39 is 5.97 Å². The van der Waals surface area contributed by atoms with Crippen LogP contribution in [0.5, 0.6) is 0 Å². The Morgan fingerprint density at radius 1 is 1.44 bits per heavy atom. The molecule has 2 heterocycles. The third-order valence-electron chi connectivity index (χ3n) is 1.88. The molecular weight excluding hydrogens is 208 g/mol. The largest absolute Gasteiger partial charge is 0.461 e. The highest BCUT2D eigenvalue weighted by Gasteiger charge is 2.10. The van der Waals surface area contributed by atoms with Crippen molar-refractivity contribution < 1.29 is 9.53 Å². The molecule has 0 saturated carbocycles. The van der Waals surface area contributed by atoms with E-state index in [0.29, 0.717) is 18.1 Å². The summed E-state index contributed by atoms with van der Waals surface area (Å²) in [6, 6.07) is 3.24. The number of hydrogen-bond acceptors (Lipinski definition) is 5. The van der Waals surface area contributed by atoms with E-state index in [-0.39, 0.29) is 5.69 Å². The van der Waals surface area contributed by atoms with Crippen LogP contribution in [0.2, 0.25) is 0 Å². The minimum atomic E-state index is -0.453. The molecule has 0 aliphatic carbocycles. The van der Waals surface area contributed by atoms with Gasteiger partial charge in [-0.25, -0.2) is 14.8 Å². The second-order valence-electron chi connectivity index (χ2n) is 2.96. The van der Waals surface area contributed by atoms with Gasteiger partial charge in [-0.2, -0.15) is 5.10 Å². The summed E-state index contributed by atoms with van der Waals surface area (Å²) < 4.78 is 4.85. The molecule has 2 aromatic rings. The van der Waals surface area contributed by atoms with Crippen molar-refractivity contribution in [3.8, 4) is 11.5 Å². The Morgan fingerprint density at radius 3 is 3.00 bits per heavy atom. The van der Waals surface area contributed by atoms with Crippen LogP contribution in [0, 0.1) is 0 Å². The molecular formula is C10H10N4O2. The predicted octanol–water partition coefficient (Wildman–Crippen LogP) is 1.04. The van der Waals surface area contributed by atoms with Crippen molar-refractivity contribution in [2.45, 2.75) is 6.92 Å². The van der Waals surface area contributed by atoms with Gasteiger partial charge >= 0.3 is 5.97 Å².